The summed E-state index contributed by atoms with van der Waals surface area (Å²) in [6.07, 6.45) is 8.66. The second kappa shape index (κ2) is 9.82. The van der Waals surface area contributed by atoms with Crippen molar-refractivity contribution in [3.05, 3.63) is 65.3 Å². The number of thiazole rings is 1. The Labute approximate surface area is 209 Å². The Bertz CT molecular complexity index is 1320. The predicted molar refractivity (Wildman–Crippen MR) is 144 cm³/mol. The van der Waals surface area contributed by atoms with Gasteiger partial charge in [0.05, 0.1) is 18.5 Å². The van der Waals surface area contributed by atoms with Crippen molar-refractivity contribution < 1.29 is 4.74 Å². The molecule has 8 heteroatoms. The minimum atomic E-state index is 0.847. The van der Waals surface area contributed by atoms with Gasteiger partial charge in [0.1, 0.15) is 17.2 Å². The normalized spacial score (nSPS) is 14.4. The number of nitrogens with zero attached hydrogens (tertiary/aromatic N) is 5. The molecule has 0 amide bonds. The van der Waals surface area contributed by atoms with Gasteiger partial charge in [0.25, 0.3) is 0 Å². The molecular formula is C26H29N5OS2. The van der Waals surface area contributed by atoms with Crippen LogP contribution in [-0.2, 0) is 6.42 Å². The highest BCUT2D eigenvalue weighted by Gasteiger charge is 2.20. The third-order valence-corrected chi connectivity index (χ3v) is 8.05. The van der Waals surface area contributed by atoms with Crippen LogP contribution in [-0.4, -0.2) is 52.2 Å². The lowest BCUT2D eigenvalue weighted by atomic mass is 10.0. The molecule has 0 unspecified atom stereocenters. The molecule has 0 N–H and O–H groups in total. The molecule has 0 atom stereocenters. The van der Waals surface area contributed by atoms with Gasteiger partial charge in [0, 0.05) is 37.3 Å². The summed E-state index contributed by atoms with van der Waals surface area (Å²) in [5.74, 6) is 1.93. The fraction of sp³-hybridized carbons (Fsp3) is 0.308. The topological polar surface area (TPSA) is 45.9 Å². The Kier molecular flexibility index (Phi) is 6.63. The zero-order valence-electron chi connectivity index (χ0n) is 20.0. The van der Waals surface area contributed by atoms with Gasteiger partial charge < -0.3 is 9.64 Å². The summed E-state index contributed by atoms with van der Waals surface area (Å²) in [6.45, 7) is 4.22. The first-order valence-electron chi connectivity index (χ1n) is 11.4. The highest BCUT2D eigenvalue weighted by Crippen LogP contribution is 2.35. The molecule has 0 fully saturated rings. The van der Waals surface area contributed by atoms with Gasteiger partial charge in [-0.2, -0.15) is 0 Å². The smallest absolute Gasteiger partial charge is 0.191 e. The SMILES string of the molecule is CCc1nc2ccc(C3=CCN(SC)CC3)cn2c1N(C)c1nc(-c2ccc(OC)cc2)cs1. The summed E-state index contributed by atoms with van der Waals surface area (Å²) < 4.78 is 9.90. The number of methoxy groups -OCH3 is 1. The Morgan fingerprint density at radius 1 is 1.12 bits per heavy atom. The van der Waals surface area contributed by atoms with Gasteiger partial charge >= 0.3 is 0 Å². The number of ether oxygens (including phenoxy) is 1. The van der Waals surface area contributed by atoms with E-state index in [1.165, 1.54) is 11.1 Å². The molecule has 1 aliphatic rings. The molecule has 0 aliphatic carbocycles. The summed E-state index contributed by atoms with van der Waals surface area (Å²) in [7, 11) is 3.77. The van der Waals surface area contributed by atoms with E-state index < -0.39 is 0 Å². The minimum Gasteiger partial charge on any atom is -0.497 e. The summed E-state index contributed by atoms with van der Waals surface area (Å²) in [4.78, 5) is 12.0. The zero-order chi connectivity index (χ0) is 23.7. The van der Waals surface area contributed by atoms with E-state index in [1.807, 2.05) is 36.2 Å². The summed E-state index contributed by atoms with van der Waals surface area (Å²) in [6, 6.07) is 12.4. The van der Waals surface area contributed by atoms with E-state index in [0.29, 0.717) is 0 Å². The lowest BCUT2D eigenvalue weighted by molar-refractivity contribution is 0.415. The highest BCUT2D eigenvalue weighted by atomic mass is 32.2. The molecular weight excluding hydrogens is 462 g/mol. The number of rotatable bonds is 7. The van der Waals surface area contributed by atoms with Crippen LogP contribution in [0.25, 0.3) is 22.5 Å². The first kappa shape index (κ1) is 23.0. The summed E-state index contributed by atoms with van der Waals surface area (Å²) >= 11 is 3.46. The van der Waals surface area contributed by atoms with Crippen molar-refractivity contribution in [2.24, 2.45) is 0 Å². The number of hydrogen-bond acceptors (Lipinski definition) is 7. The Balaban J connectivity index is 1.50. The molecule has 3 aromatic heterocycles. The van der Waals surface area contributed by atoms with Gasteiger partial charge in [-0.1, -0.05) is 24.9 Å². The summed E-state index contributed by atoms with van der Waals surface area (Å²) in [5.41, 5.74) is 6.76. The number of anilines is 2. The lowest BCUT2D eigenvalue weighted by Crippen LogP contribution is -2.21. The van der Waals surface area contributed by atoms with Crippen LogP contribution >= 0.6 is 23.3 Å². The maximum absolute atomic E-state index is 5.29. The first-order valence-corrected chi connectivity index (χ1v) is 13.5. The monoisotopic (exact) mass is 491 g/mol. The number of fused-ring (bicyclic) bond motifs is 1. The van der Waals surface area contributed by atoms with Gasteiger partial charge in [0.2, 0.25) is 0 Å². The van der Waals surface area contributed by atoms with Crippen molar-refractivity contribution in [2.75, 3.05) is 38.4 Å². The molecule has 0 spiro atoms. The van der Waals surface area contributed by atoms with Crippen LogP contribution in [0.3, 0.4) is 0 Å². The van der Waals surface area contributed by atoms with Crippen LogP contribution in [0, 0.1) is 0 Å². The van der Waals surface area contributed by atoms with Crippen molar-refractivity contribution in [2.45, 2.75) is 19.8 Å². The van der Waals surface area contributed by atoms with Crippen LogP contribution in [0.2, 0.25) is 0 Å². The molecule has 34 heavy (non-hydrogen) atoms. The number of aryl methyl sites for hydroxylation is 1. The molecule has 1 aliphatic heterocycles. The quantitative estimate of drug-likeness (QED) is 0.288. The third-order valence-electron chi connectivity index (χ3n) is 6.28. The Hall–Kier alpha value is -2.81. The highest BCUT2D eigenvalue weighted by molar-refractivity contribution is 7.96. The molecule has 4 aromatic rings. The lowest BCUT2D eigenvalue weighted by Gasteiger charge is -2.24. The van der Waals surface area contributed by atoms with E-state index in [9.17, 15) is 0 Å². The van der Waals surface area contributed by atoms with E-state index in [-0.39, 0.29) is 0 Å². The molecule has 1 aromatic carbocycles. The van der Waals surface area contributed by atoms with E-state index >= 15 is 0 Å². The number of aromatic nitrogens is 3. The maximum atomic E-state index is 5.29. The molecule has 176 valence electrons. The van der Waals surface area contributed by atoms with Crippen LogP contribution in [0.15, 0.2) is 54.1 Å². The van der Waals surface area contributed by atoms with Crippen LogP contribution in [0.1, 0.15) is 24.6 Å². The average molecular weight is 492 g/mol. The van der Waals surface area contributed by atoms with Crippen LogP contribution < -0.4 is 9.64 Å². The summed E-state index contributed by atoms with van der Waals surface area (Å²) in [5, 5.41) is 3.05. The molecule has 0 radical (unpaired) electrons. The van der Waals surface area contributed by atoms with Gasteiger partial charge in [-0.05, 0) is 66.6 Å². The third kappa shape index (κ3) is 4.33. The molecule has 5 rings (SSSR count). The van der Waals surface area contributed by atoms with Crippen LogP contribution in [0.5, 0.6) is 5.75 Å². The standard InChI is InChI=1S/C26H29N5OS2/c1-5-22-25(29(2)26-28-23(17-34-26)19-6-9-21(32-3)10-7-19)31-16-20(8-11-24(31)27-22)18-12-14-30(33-4)15-13-18/h6-12,16-17H,5,13-15H2,1-4H3. The minimum absolute atomic E-state index is 0.847. The molecule has 4 heterocycles. The largest absolute Gasteiger partial charge is 0.497 e. The molecule has 0 saturated heterocycles. The van der Waals surface area contributed by atoms with Gasteiger partial charge in [-0.15, -0.1) is 11.3 Å². The number of imidazole rings is 1. The van der Waals surface area contributed by atoms with E-state index in [4.69, 9.17) is 14.7 Å². The van der Waals surface area contributed by atoms with E-state index in [2.05, 4.69) is 63.6 Å². The van der Waals surface area contributed by atoms with Crippen molar-refractivity contribution in [3.63, 3.8) is 0 Å². The number of benzene rings is 1. The Morgan fingerprint density at radius 2 is 1.91 bits per heavy atom. The van der Waals surface area contributed by atoms with E-state index in [1.54, 1.807) is 18.4 Å². The van der Waals surface area contributed by atoms with Crippen LogP contribution in [0.4, 0.5) is 10.9 Å². The van der Waals surface area contributed by atoms with Gasteiger partial charge in [-0.25, -0.2) is 14.3 Å². The van der Waals surface area contributed by atoms with Gasteiger partial charge in [0.15, 0.2) is 5.13 Å². The fourth-order valence-electron chi connectivity index (χ4n) is 4.35. The van der Waals surface area contributed by atoms with Crippen molar-refractivity contribution in [3.8, 4) is 17.0 Å². The fourth-order valence-corrected chi connectivity index (χ4v) is 5.64. The predicted octanol–water partition coefficient (Wildman–Crippen LogP) is 6.16. The average Bonchev–Trinajstić information content (AvgIpc) is 3.53. The first-order chi connectivity index (χ1) is 16.6. The van der Waals surface area contributed by atoms with E-state index in [0.717, 1.165) is 65.2 Å². The zero-order valence-corrected chi connectivity index (χ0v) is 21.6. The molecule has 6 nitrogen and oxygen atoms in total. The van der Waals surface area contributed by atoms with Crippen molar-refractivity contribution in [1.29, 1.82) is 0 Å². The second-order valence-corrected chi connectivity index (χ2v) is 9.95. The van der Waals surface area contributed by atoms with Gasteiger partial charge in [-0.3, -0.25) is 4.40 Å². The second-order valence-electron chi connectivity index (χ2n) is 8.23. The Morgan fingerprint density at radius 3 is 2.59 bits per heavy atom. The molecule has 0 saturated carbocycles. The number of pyridine rings is 1. The van der Waals surface area contributed by atoms with Crippen molar-refractivity contribution >= 4 is 45.5 Å². The number of hydrogen-bond donors (Lipinski definition) is 0. The molecule has 0 bridgehead atoms. The van der Waals surface area contributed by atoms with Crippen molar-refractivity contribution in [1.82, 2.24) is 18.7 Å². The maximum Gasteiger partial charge on any atom is 0.191 e.